The van der Waals surface area contributed by atoms with Gasteiger partial charge in [0.25, 0.3) is 5.89 Å². The highest BCUT2D eigenvalue weighted by Crippen LogP contribution is 2.39. The molecule has 1 aromatic carbocycles. The number of hydrogen-bond donors (Lipinski definition) is 0. The third-order valence-corrected chi connectivity index (χ3v) is 5.75. The molecule has 0 radical (unpaired) electrons. The molecule has 138 valence electrons. The van der Waals surface area contributed by atoms with Gasteiger partial charge in [-0.15, -0.1) is 0 Å². The second-order valence-corrected chi connectivity index (χ2v) is 7.71. The normalized spacial score (nSPS) is 18.7. The van der Waals surface area contributed by atoms with Crippen LogP contribution < -0.4 is 0 Å². The molecular formula is C22H24N4O. The molecule has 3 aromatic rings. The van der Waals surface area contributed by atoms with Crippen molar-refractivity contribution in [3.8, 4) is 22.7 Å². The fourth-order valence-corrected chi connectivity index (χ4v) is 3.85. The predicted molar refractivity (Wildman–Crippen MR) is 104 cm³/mol. The van der Waals surface area contributed by atoms with Crippen LogP contribution >= 0.6 is 0 Å². The molecule has 3 heterocycles. The van der Waals surface area contributed by atoms with E-state index in [1.807, 2.05) is 18.3 Å². The van der Waals surface area contributed by atoms with Gasteiger partial charge in [0, 0.05) is 23.7 Å². The van der Waals surface area contributed by atoms with Gasteiger partial charge in [0.05, 0.1) is 11.3 Å². The van der Waals surface area contributed by atoms with E-state index in [1.165, 1.54) is 44.3 Å². The lowest BCUT2D eigenvalue weighted by Crippen LogP contribution is -2.23. The molecule has 27 heavy (non-hydrogen) atoms. The van der Waals surface area contributed by atoms with Crippen molar-refractivity contribution in [1.29, 1.82) is 0 Å². The molecule has 5 heteroatoms. The summed E-state index contributed by atoms with van der Waals surface area (Å²) in [5.74, 6) is 1.89. The van der Waals surface area contributed by atoms with Gasteiger partial charge in [-0.1, -0.05) is 23.4 Å². The van der Waals surface area contributed by atoms with E-state index in [9.17, 15) is 0 Å². The first-order valence-electron chi connectivity index (χ1n) is 9.92. The zero-order chi connectivity index (χ0) is 18.2. The van der Waals surface area contributed by atoms with Crippen LogP contribution in [0, 0.1) is 0 Å². The van der Waals surface area contributed by atoms with Gasteiger partial charge >= 0.3 is 0 Å². The first kappa shape index (κ1) is 16.6. The van der Waals surface area contributed by atoms with Crippen LogP contribution in [0.3, 0.4) is 0 Å². The zero-order valence-electron chi connectivity index (χ0n) is 15.6. The van der Waals surface area contributed by atoms with Crippen LogP contribution in [-0.2, 0) is 0 Å². The lowest BCUT2D eigenvalue weighted by molar-refractivity contribution is 0.263. The van der Waals surface area contributed by atoms with E-state index in [0.717, 1.165) is 22.6 Å². The van der Waals surface area contributed by atoms with Crippen LogP contribution in [-0.4, -0.2) is 33.1 Å². The van der Waals surface area contributed by atoms with Crippen molar-refractivity contribution in [3.05, 3.63) is 54.0 Å². The maximum absolute atomic E-state index is 5.40. The molecular weight excluding hydrogens is 336 g/mol. The van der Waals surface area contributed by atoms with Crippen molar-refractivity contribution < 1.29 is 4.52 Å². The lowest BCUT2D eigenvalue weighted by atomic mass is 10.0. The third kappa shape index (κ3) is 3.39. The predicted octanol–water partition coefficient (Wildman–Crippen LogP) is 4.83. The molecule has 2 aromatic heterocycles. The Morgan fingerprint density at radius 2 is 1.93 bits per heavy atom. The molecule has 1 aliphatic heterocycles. The van der Waals surface area contributed by atoms with E-state index in [4.69, 9.17) is 4.52 Å². The number of rotatable bonds is 5. The van der Waals surface area contributed by atoms with Gasteiger partial charge in [0.1, 0.15) is 0 Å². The average Bonchev–Trinajstić information content (AvgIpc) is 3.22. The van der Waals surface area contributed by atoms with E-state index >= 15 is 0 Å². The number of benzene rings is 1. The molecule has 0 bridgehead atoms. The van der Waals surface area contributed by atoms with Gasteiger partial charge in [-0.25, -0.2) is 0 Å². The SMILES string of the molecule is C[C@H](c1cccc(-c2ccc(-c3nc(C4CC4)no3)cn2)c1)N1CCCC1. The molecule has 1 saturated heterocycles. The summed E-state index contributed by atoms with van der Waals surface area (Å²) < 4.78 is 5.40. The Bertz CT molecular complexity index is 923. The molecule has 1 atom stereocenters. The molecule has 0 N–H and O–H groups in total. The number of aromatic nitrogens is 3. The summed E-state index contributed by atoms with van der Waals surface area (Å²) in [5, 5.41) is 4.09. The molecule has 5 rings (SSSR count). The zero-order valence-corrected chi connectivity index (χ0v) is 15.6. The monoisotopic (exact) mass is 360 g/mol. The molecule has 1 saturated carbocycles. The Morgan fingerprint density at radius 1 is 1.07 bits per heavy atom. The smallest absolute Gasteiger partial charge is 0.259 e. The van der Waals surface area contributed by atoms with Crippen LogP contribution in [0.15, 0.2) is 47.1 Å². The highest BCUT2D eigenvalue weighted by molar-refractivity contribution is 5.63. The van der Waals surface area contributed by atoms with Gasteiger partial charge in [0.2, 0.25) is 0 Å². The maximum atomic E-state index is 5.40. The van der Waals surface area contributed by atoms with Crippen molar-refractivity contribution in [2.24, 2.45) is 0 Å². The van der Waals surface area contributed by atoms with Crippen LogP contribution in [0.4, 0.5) is 0 Å². The molecule has 0 spiro atoms. The Morgan fingerprint density at radius 3 is 2.67 bits per heavy atom. The summed E-state index contributed by atoms with van der Waals surface area (Å²) in [5.41, 5.74) is 4.34. The Balaban J connectivity index is 1.37. The summed E-state index contributed by atoms with van der Waals surface area (Å²) >= 11 is 0. The minimum absolute atomic E-state index is 0.450. The number of likely N-dealkylation sites (tertiary alicyclic amines) is 1. The Labute approximate surface area is 159 Å². The summed E-state index contributed by atoms with van der Waals surface area (Å²) in [7, 11) is 0. The number of pyridine rings is 1. The largest absolute Gasteiger partial charge is 0.334 e. The quantitative estimate of drug-likeness (QED) is 0.652. The maximum Gasteiger partial charge on any atom is 0.259 e. The molecule has 5 nitrogen and oxygen atoms in total. The van der Waals surface area contributed by atoms with E-state index in [0.29, 0.717) is 17.9 Å². The van der Waals surface area contributed by atoms with Crippen molar-refractivity contribution in [1.82, 2.24) is 20.0 Å². The minimum atomic E-state index is 0.450. The van der Waals surface area contributed by atoms with Crippen molar-refractivity contribution >= 4 is 0 Å². The second kappa shape index (κ2) is 6.89. The second-order valence-electron chi connectivity index (χ2n) is 7.71. The van der Waals surface area contributed by atoms with Crippen LogP contribution in [0.25, 0.3) is 22.7 Å². The van der Waals surface area contributed by atoms with E-state index in [-0.39, 0.29) is 0 Å². The average molecular weight is 360 g/mol. The van der Waals surface area contributed by atoms with Crippen LogP contribution in [0.1, 0.15) is 56.0 Å². The van der Waals surface area contributed by atoms with E-state index in [2.05, 4.69) is 51.2 Å². The molecule has 2 aliphatic rings. The Hall–Kier alpha value is -2.53. The van der Waals surface area contributed by atoms with Crippen LogP contribution in [0.2, 0.25) is 0 Å². The van der Waals surface area contributed by atoms with Crippen molar-refractivity contribution in [2.45, 2.75) is 44.6 Å². The number of hydrogen-bond acceptors (Lipinski definition) is 5. The van der Waals surface area contributed by atoms with Crippen molar-refractivity contribution in [3.63, 3.8) is 0 Å². The van der Waals surface area contributed by atoms with E-state index in [1.54, 1.807) is 0 Å². The van der Waals surface area contributed by atoms with Gasteiger partial charge in [-0.3, -0.25) is 9.88 Å². The fraction of sp³-hybridized carbons (Fsp3) is 0.409. The van der Waals surface area contributed by atoms with Gasteiger partial charge in [-0.05, 0) is 69.5 Å². The lowest BCUT2D eigenvalue weighted by Gasteiger charge is -2.24. The first-order valence-corrected chi connectivity index (χ1v) is 9.92. The van der Waals surface area contributed by atoms with Gasteiger partial charge in [-0.2, -0.15) is 4.98 Å². The molecule has 2 fully saturated rings. The molecule has 1 aliphatic carbocycles. The summed E-state index contributed by atoms with van der Waals surface area (Å²) in [4.78, 5) is 11.7. The standard InChI is InChI=1S/C22H24N4O/c1-15(26-11-2-3-12-26)17-5-4-6-18(13-17)20-10-9-19(14-23-20)22-24-21(25-27-22)16-7-8-16/h4-6,9-10,13-16H,2-3,7-8,11-12H2,1H3/t15-/m1/s1. The molecule has 0 amide bonds. The number of nitrogens with zero attached hydrogens (tertiary/aromatic N) is 4. The molecule has 0 unspecified atom stereocenters. The topological polar surface area (TPSA) is 55.1 Å². The summed E-state index contributed by atoms with van der Waals surface area (Å²) in [6.45, 7) is 4.70. The highest BCUT2D eigenvalue weighted by atomic mass is 16.5. The summed E-state index contributed by atoms with van der Waals surface area (Å²) in [6, 6.07) is 13.2. The minimum Gasteiger partial charge on any atom is -0.334 e. The van der Waals surface area contributed by atoms with Crippen molar-refractivity contribution in [2.75, 3.05) is 13.1 Å². The summed E-state index contributed by atoms with van der Waals surface area (Å²) in [6.07, 6.45) is 6.79. The Kier molecular flexibility index (Phi) is 4.24. The first-order chi connectivity index (χ1) is 13.3. The van der Waals surface area contributed by atoms with E-state index < -0.39 is 0 Å². The third-order valence-electron chi connectivity index (χ3n) is 5.75. The fourth-order valence-electron chi connectivity index (χ4n) is 3.85. The van der Waals surface area contributed by atoms with Crippen LogP contribution in [0.5, 0.6) is 0 Å². The van der Waals surface area contributed by atoms with Gasteiger partial charge < -0.3 is 4.52 Å². The van der Waals surface area contributed by atoms with Gasteiger partial charge in [0.15, 0.2) is 5.82 Å². The highest BCUT2D eigenvalue weighted by Gasteiger charge is 2.29.